The number of hydrogen-bond donors (Lipinski definition) is 2. The Kier molecular flexibility index (Phi) is 4.46. The van der Waals surface area contributed by atoms with Crippen LogP contribution in [0.15, 0.2) is 48.5 Å². The van der Waals surface area contributed by atoms with E-state index in [1.807, 2.05) is 6.92 Å². The average Bonchev–Trinajstić information content (AvgIpc) is 2.94. The second-order valence-corrected chi connectivity index (χ2v) is 6.32. The Morgan fingerprint density at radius 2 is 1.95 bits per heavy atom. The van der Waals surface area contributed by atoms with Gasteiger partial charge in [-0.25, -0.2) is 0 Å². The molecule has 0 amide bonds. The first kappa shape index (κ1) is 15.1. The van der Waals surface area contributed by atoms with Crippen LogP contribution >= 0.6 is 0 Å². The molecule has 2 atom stereocenters. The summed E-state index contributed by atoms with van der Waals surface area (Å²) < 4.78 is 0. The van der Waals surface area contributed by atoms with Gasteiger partial charge in [-0.05, 0) is 48.6 Å². The summed E-state index contributed by atoms with van der Waals surface area (Å²) in [5, 5.41) is 9.64. The Morgan fingerprint density at radius 1 is 1.18 bits per heavy atom. The molecule has 1 aliphatic heterocycles. The molecule has 0 spiro atoms. The van der Waals surface area contributed by atoms with Crippen molar-refractivity contribution in [2.75, 3.05) is 18.0 Å². The monoisotopic (exact) mass is 296 g/mol. The van der Waals surface area contributed by atoms with E-state index >= 15 is 0 Å². The molecular formula is C19H24N2O. The van der Waals surface area contributed by atoms with E-state index in [4.69, 9.17) is 5.73 Å². The van der Waals surface area contributed by atoms with Crippen LogP contribution in [-0.4, -0.2) is 30.3 Å². The molecule has 0 bridgehead atoms. The fourth-order valence-electron chi connectivity index (χ4n) is 3.09. The van der Waals surface area contributed by atoms with E-state index in [0.29, 0.717) is 0 Å². The van der Waals surface area contributed by atoms with Gasteiger partial charge in [0.05, 0.1) is 6.10 Å². The van der Waals surface area contributed by atoms with Crippen molar-refractivity contribution in [3.05, 3.63) is 54.1 Å². The van der Waals surface area contributed by atoms with Crippen LogP contribution in [0.1, 0.15) is 18.9 Å². The third-order valence-electron chi connectivity index (χ3n) is 4.21. The molecule has 3 N–H and O–H groups in total. The van der Waals surface area contributed by atoms with Crippen LogP contribution < -0.4 is 10.6 Å². The van der Waals surface area contributed by atoms with E-state index in [1.165, 1.54) is 22.4 Å². The lowest BCUT2D eigenvalue weighted by molar-refractivity contribution is 0.198. The number of anilines is 1. The lowest BCUT2D eigenvalue weighted by atomic mass is 10.00. The summed E-state index contributed by atoms with van der Waals surface area (Å²) in [5.74, 6) is 0. The molecule has 0 aliphatic carbocycles. The van der Waals surface area contributed by atoms with E-state index in [0.717, 1.165) is 25.9 Å². The molecule has 1 aliphatic rings. The predicted molar refractivity (Wildman–Crippen MR) is 92.1 cm³/mol. The zero-order valence-electron chi connectivity index (χ0n) is 13.1. The molecule has 1 saturated heterocycles. The molecular weight excluding hydrogens is 272 g/mol. The Bertz CT molecular complexity index is 622. The van der Waals surface area contributed by atoms with Crippen molar-refractivity contribution >= 4 is 5.69 Å². The van der Waals surface area contributed by atoms with E-state index in [1.54, 1.807) is 0 Å². The van der Waals surface area contributed by atoms with Gasteiger partial charge in [-0.2, -0.15) is 0 Å². The van der Waals surface area contributed by atoms with Crippen molar-refractivity contribution in [1.82, 2.24) is 0 Å². The molecule has 3 rings (SSSR count). The Labute approximate surface area is 132 Å². The summed E-state index contributed by atoms with van der Waals surface area (Å²) in [6, 6.07) is 17.4. The molecule has 3 heteroatoms. The zero-order chi connectivity index (χ0) is 15.5. The number of aliphatic hydroxyl groups is 1. The number of hydrogen-bond acceptors (Lipinski definition) is 3. The van der Waals surface area contributed by atoms with Gasteiger partial charge in [0, 0.05) is 24.8 Å². The van der Waals surface area contributed by atoms with Gasteiger partial charge in [-0.3, -0.25) is 0 Å². The summed E-state index contributed by atoms with van der Waals surface area (Å²) in [4.78, 5) is 2.24. The number of nitrogens with two attached hydrogens (primary N) is 1. The maximum atomic E-state index is 9.64. The van der Waals surface area contributed by atoms with Crippen molar-refractivity contribution in [2.24, 2.45) is 5.73 Å². The first-order chi connectivity index (χ1) is 10.6. The minimum absolute atomic E-state index is 0.180. The average molecular weight is 296 g/mol. The normalized spacial score (nSPS) is 19.4. The third kappa shape index (κ3) is 3.49. The molecule has 0 radical (unpaired) electrons. The van der Waals surface area contributed by atoms with Crippen LogP contribution in [0.2, 0.25) is 0 Å². The summed E-state index contributed by atoms with van der Waals surface area (Å²) in [6.07, 6.45) is 1.58. The molecule has 2 unspecified atom stereocenters. The van der Waals surface area contributed by atoms with Crippen LogP contribution in [0.3, 0.4) is 0 Å². The second-order valence-electron chi connectivity index (χ2n) is 6.32. The van der Waals surface area contributed by atoms with Crippen molar-refractivity contribution in [3.63, 3.8) is 0 Å². The number of rotatable bonds is 4. The van der Waals surface area contributed by atoms with Gasteiger partial charge in [-0.1, -0.05) is 36.4 Å². The maximum absolute atomic E-state index is 9.64. The predicted octanol–water partition coefficient (Wildman–Crippen LogP) is 2.81. The van der Waals surface area contributed by atoms with E-state index in [-0.39, 0.29) is 12.1 Å². The van der Waals surface area contributed by atoms with Crippen molar-refractivity contribution in [2.45, 2.75) is 31.9 Å². The molecule has 0 saturated carbocycles. The molecule has 22 heavy (non-hydrogen) atoms. The van der Waals surface area contributed by atoms with Crippen LogP contribution in [0, 0.1) is 0 Å². The summed E-state index contributed by atoms with van der Waals surface area (Å²) in [6.45, 7) is 3.71. The van der Waals surface area contributed by atoms with Crippen LogP contribution in [0.4, 0.5) is 5.69 Å². The molecule has 1 heterocycles. The minimum atomic E-state index is -0.186. The molecule has 1 fully saturated rings. The first-order valence-electron chi connectivity index (χ1n) is 8.00. The molecule has 116 valence electrons. The summed E-state index contributed by atoms with van der Waals surface area (Å²) in [5.41, 5.74) is 10.8. The molecule has 2 aromatic rings. The minimum Gasteiger partial charge on any atom is -0.391 e. The van der Waals surface area contributed by atoms with Gasteiger partial charge in [0.25, 0.3) is 0 Å². The van der Waals surface area contributed by atoms with Gasteiger partial charge in [-0.15, -0.1) is 0 Å². The van der Waals surface area contributed by atoms with Crippen molar-refractivity contribution in [1.29, 1.82) is 0 Å². The third-order valence-corrected chi connectivity index (χ3v) is 4.21. The highest BCUT2D eigenvalue weighted by Gasteiger charge is 2.20. The molecule has 0 aromatic heterocycles. The zero-order valence-corrected chi connectivity index (χ0v) is 13.1. The smallest absolute Gasteiger partial charge is 0.0731 e. The second kappa shape index (κ2) is 6.51. The standard InChI is InChI=1S/C19H24N2O/c1-14(20)11-15-3-2-4-17(12-15)16-5-7-18(8-6-16)21-10-9-19(22)13-21/h2-8,12,14,19,22H,9-11,13,20H2,1H3. The van der Waals surface area contributed by atoms with Gasteiger partial charge < -0.3 is 15.7 Å². The molecule has 3 nitrogen and oxygen atoms in total. The number of benzene rings is 2. The van der Waals surface area contributed by atoms with Gasteiger partial charge >= 0.3 is 0 Å². The van der Waals surface area contributed by atoms with E-state index < -0.39 is 0 Å². The van der Waals surface area contributed by atoms with Crippen LogP contribution in [0.5, 0.6) is 0 Å². The van der Waals surface area contributed by atoms with Crippen LogP contribution in [-0.2, 0) is 6.42 Å². The highest BCUT2D eigenvalue weighted by atomic mass is 16.3. The summed E-state index contributed by atoms with van der Waals surface area (Å²) in [7, 11) is 0. The molecule has 2 aromatic carbocycles. The van der Waals surface area contributed by atoms with Crippen LogP contribution in [0.25, 0.3) is 11.1 Å². The highest BCUT2D eigenvalue weighted by molar-refractivity contribution is 5.67. The van der Waals surface area contributed by atoms with Gasteiger partial charge in [0.1, 0.15) is 0 Å². The van der Waals surface area contributed by atoms with Crippen molar-refractivity contribution < 1.29 is 5.11 Å². The fraction of sp³-hybridized carbons (Fsp3) is 0.368. The first-order valence-corrected chi connectivity index (χ1v) is 8.00. The van der Waals surface area contributed by atoms with Gasteiger partial charge in [0.2, 0.25) is 0 Å². The summed E-state index contributed by atoms with van der Waals surface area (Å²) >= 11 is 0. The van der Waals surface area contributed by atoms with E-state index in [2.05, 4.69) is 53.4 Å². The lowest BCUT2D eigenvalue weighted by Gasteiger charge is -2.18. The van der Waals surface area contributed by atoms with E-state index in [9.17, 15) is 5.11 Å². The quantitative estimate of drug-likeness (QED) is 0.912. The number of aliphatic hydroxyl groups excluding tert-OH is 1. The Balaban J connectivity index is 1.78. The topological polar surface area (TPSA) is 49.5 Å². The largest absolute Gasteiger partial charge is 0.391 e. The van der Waals surface area contributed by atoms with Gasteiger partial charge in [0.15, 0.2) is 0 Å². The Hall–Kier alpha value is -1.84. The number of nitrogens with zero attached hydrogens (tertiary/aromatic N) is 1. The maximum Gasteiger partial charge on any atom is 0.0731 e. The number of β-amino-alcohol motifs (C(OH)–C–C–N with tert-alkyl or cyclic N) is 1. The SMILES string of the molecule is CC(N)Cc1cccc(-c2ccc(N3CCC(O)C3)cc2)c1. The van der Waals surface area contributed by atoms with Crippen molar-refractivity contribution in [3.8, 4) is 11.1 Å². The fourth-order valence-corrected chi connectivity index (χ4v) is 3.09. The Morgan fingerprint density at radius 3 is 2.59 bits per heavy atom. The highest BCUT2D eigenvalue weighted by Crippen LogP contribution is 2.26. The lowest BCUT2D eigenvalue weighted by Crippen LogP contribution is -2.20.